The van der Waals surface area contributed by atoms with E-state index in [1.54, 1.807) is 0 Å². The first kappa shape index (κ1) is 26.5. The van der Waals surface area contributed by atoms with E-state index in [9.17, 15) is 9.59 Å². The van der Waals surface area contributed by atoms with E-state index in [4.69, 9.17) is 9.47 Å². The third-order valence-electron chi connectivity index (χ3n) is 4.58. The normalized spacial score (nSPS) is 27.2. The molecule has 0 aromatic carbocycles. The molecule has 0 spiro atoms. The molecule has 0 aliphatic carbocycles. The van der Waals surface area contributed by atoms with Crippen LogP contribution in [0.2, 0.25) is 0 Å². The zero-order chi connectivity index (χ0) is 22.9. The van der Waals surface area contributed by atoms with Crippen molar-refractivity contribution in [2.45, 2.75) is 91.5 Å². The van der Waals surface area contributed by atoms with E-state index in [0.717, 1.165) is 39.0 Å². The Hall–Kier alpha value is -1.54. The summed E-state index contributed by atoms with van der Waals surface area (Å²) in [4.78, 5) is 22.9. The Kier molecular flexibility index (Phi) is 10.4. The Morgan fingerprint density at radius 3 is 1.30 bits per heavy atom. The first-order valence-corrected chi connectivity index (χ1v) is 11.1. The van der Waals surface area contributed by atoms with Gasteiger partial charge in [0.1, 0.15) is 11.2 Å². The van der Waals surface area contributed by atoms with E-state index in [-0.39, 0.29) is 24.3 Å². The highest BCUT2D eigenvalue weighted by Crippen LogP contribution is 2.12. The predicted octanol–water partition coefficient (Wildman–Crippen LogP) is 3.02. The number of piperidine rings is 2. The number of carbonyl (C=O) groups is 2. The summed E-state index contributed by atoms with van der Waals surface area (Å²) in [6.45, 7) is 19.3. The van der Waals surface area contributed by atoms with Gasteiger partial charge in [-0.1, -0.05) is 13.8 Å². The molecule has 0 radical (unpaired) electrons. The van der Waals surface area contributed by atoms with Gasteiger partial charge in [-0.3, -0.25) is 0 Å². The lowest BCUT2D eigenvalue weighted by Gasteiger charge is -2.29. The summed E-state index contributed by atoms with van der Waals surface area (Å²) in [5.74, 6) is 1.22. The van der Waals surface area contributed by atoms with Gasteiger partial charge in [0, 0.05) is 25.2 Å². The van der Waals surface area contributed by atoms with Crippen LogP contribution in [0.4, 0.5) is 9.59 Å². The summed E-state index contributed by atoms with van der Waals surface area (Å²) in [6.07, 6.45) is 1.41. The standard InChI is InChI=1S/2C11H22N2O2/c2*1-8-5-9(7-12-6-8)13-10(14)15-11(2,3)4/h2*8-9,12H,5-7H2,1-4H3,(H,13,14)/t2*8-,9+/m10/s1. The van der Waals surface area contributed by atoms with E-state index >= 15 is 0 Å². The van der Waals surface area contributed by atoms with Crippen molar-refractivity contribution < 1.29 is 19.1 Å². The van der Waals surface area contributed by atoms with Crippen LogP contribution >= 0.6 is 0 Å². The van der Waals surface area contributed by atoms with Crippen molar-refractivity contribution in [3.8, 4) is 0 Å². The maximum Gasteiger partial charge on any atom is 0.407 e. The van der Waals surface area contributed by atoms with Gasteiger partial charge >= 0.3 is 12.2 Å². The van der Waals surface area contributed by atoms with Crippen LogP contribution in [0.25, 0.3) is 0 Å². The van der Waals surface area contributed by atoms with Crippen LogP contribution in [0.3, 0.4) is 0 Å². The van der Waals surface area contributed by atoms with Crippen molar-refractivity contribution in [1.29, 1.82) is 0 Å². The van der Waals surface area contributed by atoms with E-state index in [0.29, 0.717) is 11.8 Å². The maximum atomic E-state index is 11.5. The Morgan fingerprint density at radius 1 is 0.700 bits per heavy atom. The lowest BCUT2D eigenvalue weighted by molar-refractivity contribution is 0.0479. The van der Waals surface area contributed by atoms with Crippen LogP contribution in [-0.4, -0.2) is 61.7 Å². The molecule has 8 heteroatoms. The maximum absolute atomic E-state index is 11.5. The summed E-state index contributed by atoms with van der Waals surface area (Å²) in [5, 5.41) is 12.3. The molecule has 0 saturated carbocycles. The third kappa shape index (κ3) is 12.9. The summed E-state index contributed by atoms with van der Waals surface area (Å²) >= 11 is 0. The topological polar surface area (TPSA) is 101 Å². The van der Waals surface area contributed by atoms with E-state index in [1.165, 1.54) is 0 Å². The van der Waals surface area contributed by atoms with Gasteiger partial charge in [-0.15, -0.1) is 0 Å². The molecule has 2 fully saturated rings. The van der Waals surface area contributed by atoms with Crippen LogP contribution in [0.15, 0.2) is 0 Å². The van der Waals surface area contributed by atoms with E-state index in [1.807, 2.05) is 41.5 Å². The molecule has 176 valence electrons. The van der Waals surface area contributed by atoms with E-state index in [2.05, 4.69) is 35.1 Å². The van der Waals surface area contributed by atoms with Gasteiger partial charge in [0.2, 0.25) is 0 Å². The van der Waals surface area contributed by atoms with Gasteiger partial charge in [0.15, 0.2) is 0 Å². The van der Waals surface area contributed by atoms with Gasteiger partial charge < -0.3 is 30.7 Å². The van der Waals surface area contributed by atoms with Crippen molar-refractivity contribution in [3.05, 3.63) is 0 Å². The third-order valence-corrected chi connectivity index (χ3v) is 4.58. The molecule has 4 atom stereocenters. The predicted molar refractivity (Wildman–Crippen MR) is 120 cm³/mol. The fraction of sp³-hybridized carbons (Fsp3) is 0.909. The number of amides is 2. The minimum atomic E-state index is -0.419. The second kappa shape index (κ2) is 11.7. The van der Waals surface area contributed by atoms with Gasteiger partial charge in [0.25, 0.3) is 0 Å². The highest BCUT2D eigenvalue weighted by atomic mass is 16.6. The Labute approximate surface area is 182 Å². The lowest BCUT2D eigenvalue weighted by atomic mass is 9.98. The van der Waals surface area contributed by atoms with Crippen LogP contribution in [0.1, 0.15) is 68.2 Å². The average molecular weight is 429 g/mol. The highest BCUT2D eigenvalue weighted by molar-refractivity contribution is 5.68. The molecule has 2 aliphatic heterocycles. The molecule has 0 aromatic heterocycles. The van der Waals surface area contributed by atoms with Crippen molar-refractivity contribution >= 4 is 12.2 Å². The van der Waals surface area contributed by atoms with Crippen molar-refractivity contribution in [1.82, 2.24) is 21.3 Å². The largest absolute Gasteiger partial charge is 0.444 e. The zero-order valence-corrected chi connectivity index (χ0v) is 20.2. The number of hydrogen-bond donors (Lipinski definition) is 4. The fourth-order valence-electron chi connectivity index (χ4n) is 3.48. The molecule has 2 amide bonds. The molecule has 0 aromatic rings. The molecule has 0 unspecified atom stereocenters. The fourth-order valence-corrected chi connectivity index (χ4v) is 3.48. The molecule has 2 heterocycles. The number of nitrogens with one attached hydrogen (secondary N) is 4. The highest BCUT2D eigenvalue weighted by Gasteiger charge is 2.24. The van der Waals surface area contributed by atoms with Crippen LogP contribution in [-0.2, 0) is 9.47 Å². The summed E-state index contributed by atoms with van der Waals surface area (Å²) in [6, 6.07) is 0.396. The number of ether oxygens (including phenoxy) is 2. The van der Waals surface area contributed by atoms with Gasteiger partial charge in [-0.2, -0.15) is 0 Å². The van der Waals surface area contributed by atoms with Gasteiger partial charge in [0.05, 0.1) is 0 Å². The van der Waals surface area contributed by atoms with E-state index < -0.39 is 11.2 Å². The Balaban J connectivity index is 0.000000300. The molecular weight excluding hydrogens is 384 g/mol. The quantitative estimate of drug-likeness (QED) is 0.539. The van der Waals surface area contributed by atoms with Crippen LogP contribution in [0.5, 0.6) is 0 Å². The van der Waals surface area contributed by atoms with Crippen molar-refractivity contribution in [2.24, 2.45) is 11.8 Å². The van der Waals surface area contributed by atoms with Crippen molar-refractivity contribution in [3.63, 3.8) is 0 Å². The minimum Gasteiger partial charge on any atom is -0.444 e. The SMILES string of the molecule is C[C@@H]1CNC[C@H](NC(=O)OC(C)(C)C)C1.C[C@H]1CNC[C@@H](NC(=O)OC(C)(C)C)C1. The van der Waals surface area contributed by atoms with Crippen molar-refractivity contribution in [2.75, 3.05) is 26.2 Å². The van der Waals surface area contributed by atoms with Gasteiger partial charge in [-0.25, -0.2) is 9.59 Å². The van der Waals surface area contributed by atoms with Crippen LogP contribution < -0.4 is 21.3 Å². The molecule has 8 nitrogen and oxygen atoms in total. The average Bonchev–Trinajstić information content (AvgIpc) is 2.51. The molecular formula is C22H44N4O4. The monoisotopic (exact) mass is 428 g/mol. The zero-order valence-electron chi connectivity index (χ0n) is 20.2. The number of rotatable bonds is 2. The first-order chi connectivity index (χ1) is 13.7. The Bertz CT molecular complexity index is 494. The molecule has 30 heavy (non-hydrogen) atoms. The first-order valence-electron chi connectivity index (χ1n) is 11.1. The molecule has 0 bridgehead atoms. The summed E-state index contributed by atoms with van der Waals surface area (Å²) in [7, 11) is 0. The number of alkyl carbamates (subject to hydrolysis) is 2. The molecule has 4 N–H and O–H groups in total. The minimum absolute atomic E-state index is 0.198. The molecule has 2 rings (SSSR count). The second-order valence-corrected chi connectivity index (χ2v) is 10.7. The Morgan fingerprint density at radius 2 is 1.03 bits per heavy atom. The molecule has 2 aliphatic rings. The number of hydrogen-bond acceptors (Lipinski definition) is 6. The van der Waals surface area contributed by atoms with Crippen LogP contribution in [0, 0.1) is 11.8 Å². The lowest BCUT2D eigenvalue weighted by Crippen LogP contribution is -2.49. The number of carbonyl (C=O) groups excluding carboxylic acids is 2. The summed E-state index contributed by atoms with van der Waals surface area (Å²) < 4.78 is 10.4. The smallest absolute Gasteiger partial charge is 0.407 e. The second-order valence-electron chi connectivity index (χ2n) is 10.7. The van der Waals surface area contributed by atoms with Gasteiger partial charge in [-0.05, 0) is 79.3 Å². The molecule has 2 saturated heterocycles. The summed E-state index contributed by atoms with van der Waals surface area (Å²) in [5.41, 5.74) is -0.838.